The van der Waals surface area contributed by atoms with Gasteiger partial charge in [-0.1, -0.05) is 6.42 Å². The summed E-state index contributed by atoms with van der Waals surface area (Å²) in [6, 6.07) is 5.77. The molecular weight excluding hydrogens is 270 g/mol. The monoisotopic (exact) mass is 293 g/mol. The van der Waals surface area contributed by atoms with Gasteiger partial charge >= 0.3 is 0 Å². The Labute approximate surface area is 125 Å². The molecule has 5 heteroatoms. The maximum absolute atomic E-state index is 12.3. The third-order valence-corrected chi connectivity index (χ3v) is 5.01. The second-order valence-corrected chi connectivity index (χ2v) is 6.53. The molecule has 0 aliphatic heterocycles. The van der Waals surface area contributed by atoms with Gasteiger partial charge in [0, 0.05) is 31.0 Å². The van der Waals surface area contributed by atoms with Crippen LogP contribution in [-0.2, 0) is 0 Å². The zero-order valence-electron chi connectivity index (χ0n) is 12.3. The lowest BCUT2D eigenvalue weighted by Gasteiger charge is -2.20. The Bertz CT molecular complexity index is 490. The molecule has 0 radical (unpaired) electrons. The van der Waals surface area contributed by atoms with Gasteiger partial charge in [0.05, 0.1) is 11.4 Å². The van der Waals surface area contributed by atoms with E-state index in [1.165, 1.54) is 12.8 Å². The molecule has 1 aromatic carbocycles. The molecule has 20 heavy (non-hydrogen) atoms. The molecule has 0 aromatic heterocycles. The normalized spacial score (nSPS) is 21.8. The highest BCUT2D eigenvalue weighted by Gasteiger charge is 2.28. The second kappa shape index (κ2) is 6.39. The molecule has 0 spiro atoms. The average Bonchev–Trinajstić information content (AvgIpc) is 2.85. The highest BCUT2D eigenvalue weighted by Crippen LogP contribution is 2.29. The summed E-state index contributed by atoms with van der Waals surface area (Å²) in [5.74, 6) is -0.0204. The Hall–Kier alpha value is -1.36. The summed E-state index contributed by atoms with van der Waals surface area (Å²) in [5.41, 5.74) is 8.20. The lowest BCUT2D eigenvalue weighted by atomic mass is 10.1. The van der Waals surface area contributed by atoms with Crippen molar-refractivity contribution in [3.05, 3.63) is 23.8 Å². The average molecular weight is 293 g/mol. The van der Waals surface area contributed by atoms with E-state index in [-0.39, 0.29) is 11.9 Å². The van der Waals surface area contributed by atoms with E-state index in [0.29, 0.717) is 16.5 Å². The van der Waals surface area contributed by atoms with Gasteiger partial charge in [-0.25, -0.2) is 0 Å². The lowest BCUT2D eigenvalue weighted by molar-refractivity contribution is 0.0939. The number of hydrogen-bond donors (Lipinski definition) is 2. The zero-order valence-corrected chi connectivity index (χ0v) is 13.2. The minimum absolute atomic E-state index is 0.0204. The highest BCUT2D eigenvalue weighted by atomic mass is 32.2. The number of nitrogens with zero attached hydrogens (tertiary/aromatic N) is 1. The number of benzene rings is 1. The number of carbonyl (C=O) groups excluding carboxylic acids is 1. The third kappa shape index (κ3) is 3.20. The standard InChI is InChI=1S/C15H23N3OS/c1-18(2)13-8-7-10(9-11(13)16)15(19)17-12-5-4-6-14(12)20-3/h7-9,12,14H,4-6,16H2,1-3H3,(H,17,19). The van der Waals surface area contributed by atoms with Gasteiger partial charge in [-0.05, 0) is 37.3 Å². The molecule has 1 aliphatic rings. The summed E-state index contributed by atoms with van der Waals surface area (Å²) in [7, 11) is 3.88. The number of nitrogen functional groups attached to an aromatic ring is 1. The van der Waals surface area contributed by atoms with E-state index in [1.807, 2.05) is 42.9 Å². The van der Waals surface area contributed by atoms with Crippen LogP contribution < -0.4 is 16.0 Å². The SMILES string of the molecule is CSC1CCCC1NC(=O)c1ccc(N(C)C)c(N)c1. The summed E-state index contributed by atoms with van der Waals surface area (Å²) in [5, 5.41) is 3.68. The van der Waals surface area contributed by atoms with Crippen molar-refractivity contribution in [3.63, 3.8) is 0 Å². The molecule has 1 amide bonds. The first-order valence-corrected chi connectivity index (χ1v) is 8.22. The summed E-state index contributed by atoms with van der Waals surface area (Å²) >= 11 is 1.84. The van der Waals surface area contributed by atoms with Gasteiger partial charge in [0.25, 0.3) is 5.91 Å². The third-order valence-electron chi connectivity index (χ3n) is 3.84. The lowest BCUT2D eigenvalue weighted by Crippen LogP contribution is -2.38. The molecule has 110 valence electrons. The molecule has 4 nitrogen and oxygen atoms in total. The minimum Gasteiger partial charge on any atom is -0.397 e. The molecule has 1 aromatic rings. The fourth-order valence-corrected chi connectivity index (χ4v) is 3.66. The van der Waals surface area contributed by atoms with E-state index < -0.39 is 0 Å². The van der Waals surface area contributed by atoms with Gasteiger partial charge in [0.1, 0.15) is 0 Å². The quantitative estimate of drug-likeness (QED) is 0.837. The molecule has 0 saturated heterocycles. The van der Waals surface area contributed by atoms with E-state index in [9.17, 15) is 4.79 Å². The van der Waals surface area contributed by atoms with Crippen LogP contribution in [0.3, 0.4) is 0 Å². The van der Waals surface area contributed by atoms with Crippen molar-refractivity contribution in [2.45, 2.75) is 30.6 Å². The van der Waals surface area contributed by atoms with Crippen LogP contribution in [0.5, 0.6) is 0 Å². The number of anilines is 2. The minimum atomic E-state index is -0.0204. The number of hydrogen-bond acceptors (Lipinski definition) is 4. The smallest absolute Gasteiger partial charge is 0.251 e. The molecular formula is C15H23N3OS. The fourth-order valence-electron chi connectivity index (χ4n) is 2.73. The number of carbonyl (C=O) groups is 1. The van der Waals surface area contributed by atoms with Crippen LogP contribution >= 0.6 is 11.8 Å². The number of nitrogens with two attached hydrogens (primary N) is 1. The molecule has 2 atom stereocenters. The molecule has 1 fully saturated rings. The Morgan fingerprint density at radius 2 is 2.15 bits per heavy atom. The van der Waals surface area contributed by atoms with Crippen molar-refractivity contribution in [3.8, 4) is 0 Å². The van der Waals surface area contributed by atoms with Crippen LogP contribution in [0.2, 0.25) is 0 Å². The van der Waals surface area contributed by atoms with Crippen molar-refractivity contribution >= 4 is 29.0 Å². The van der Waals surface area contributed by atoms with Crippen LogP contribution in [0.25, 0.3) is 0 Å². The number of rotatable bonds is 4. The van der Waals surface area contributed by atoms with Gasteiger partial charge in [-0.15, -0.1) is 0 Å². The maximum Gasteiger partial charge on any atom is 0.251 e. The van der Waals surface area contributed by atoms with Crippen molar-refractivity contribution in [2.75, 3.05) is 31.0 Å². The Kier molecular flexibility index (Phi) is 4.81. The number of amides is 1. The van der Waals surface area contributed by atoms with E-state index >= 15 is 0 Å². The molecule has 1 saturated carbocycles. The Morgan fingerprint density at radius 3 is 2.75 bits per heavy atom. The largest absolute Gasteiger partial charge is 0.397 e. The van der Waals surface area contributed by atoms with Crippen molar-refractivity contribution in [1.82, 2.24) is 5.32 Å². The molecule has 3 N–H and O–H groups in total. The summed E-state index contributed by atoms with van der Waals surface area (Å²) in [6.45, 7) is 0. The van der Waals surface area contributed by atoms with Gasteiger partial charge < -0.3 is 16.0 Å². The first kappa shape index (κ1) is 15.0. The molecule has 2 rings (SSSR count). The summed E-state index contributed by atoms with van der Waals surface area (Å²) < 4.78 is 0. The van der Waals surface area contributed by atoms with Crippen LogP contribution in [-0.4, -0.2) is 37.6 Å². The fraction of sp³-hybridized carbons (Fsp3) is 0.533. The van der Waals surface area contributed by atoms with E-state index in [4.69, 9.17) is 5.73 Å². The first-order chi connectivity index (χ1) is 9.52. The summed E-state index contributed by atoms with van der Waals surface area (Å²) in [6.07, 6.45) is 5.56. The number of nitrogens with one attached hydrogen (secondary N) is 1. The second-order valence-electron chi connectivity index (χ2n) is 5.45. The van der Waals surface area contributed by atoms with Gasteiger partial charge in [-0.3, -0.25) is 4.79 Å². The van der Waals surface area contributed by atoms with E-state index in [0.717, 1.165) is 12.1 Å². The van der Waals surface area contributed by atoms with Crippen LogP contribution in [0, 0.1) is 0 Å². The van der Waals surface area contributed by atoms with E-state index in [1.54, 1.807) is 6.07 Å². The Balaban J connectivity index is 2.08. The van der Waals surface area contributed by atoms with Crippen LogP contribution in [0.1, 0.15) is 29.6 Å². The maximum atomic E-state index is 12.3. The molecule has 1 aliphatic carbocycles. The van der Waals surface area contributed by atoms with E-state index in [2.05, 4.69) is 11.6 Å². The zero-order chi connectivity index (χ0) is 14.7. The van der Waals surface area contributed by atoms with Gasteiger partial charge in [0.2, 0.25) is 0 Å². The predicted molar refractivity (Wildman–Crippen MR) is 87.6 cm³/mol. The molecule has 2 unspecified atom stereocenters. The van der Waals surface area contributed by atoms with Crippen molar-refractivity contribution in [1.29, 1.82) is 0 Å². The highest BCUT2D eigenvalue weighted by molar-refractivity contribution is 7.99. The van der Waals surface area contributed by atoms with Crippen LogP contribution in [0.15, 0.2) is 18.2 Å². The van der Waals surface area contributed by atoms with Crippen molar-refractivity contribution in [2.24, 2.45) is 0 Å². The summed E-state index contributed by atoms with van der Waals surface area (Å²) in [4.78, 5) is 14.2. The van der Waals surface area contributed by atoms with Gasteiger partial charge in [-0.2, -0.15) is 11.8 Å². The predicted octanol–water partition coefficient (Wildman–Crippen LogP) is 2.35. The van der Waals surface area contributed by atoms with Crippen molar-refractivity contribution < 1.29 is 4.79 Å². The number of thioether (sulfide) groups is 1. The molecule has 0 heterocycles. The first-order valence-electron chi connectivity index (χ1n) is 6.93. The Morgan fingerprint density at radius 1 is 1.40 bits per heavy atom. The van der Waals surface area contributed by atoms with Gasteiger partial charge in [0.15, 0.2) is 0 Å². The topological polar surface area (TPSA) is 58.4 Å². The molecule has 0 bridgehead atoms. The van der Waals surface area contributed by atoms with Crippen LogP contribution in [0.4, 0.5) is 11.4 Å².